The third-order valence-corrected chi connectivity index (χ3v) is 3.90. The third-order valence-electron chi connectivity index (χ3n) is 3.90. The van der Waals surface area contributed by atoms with E-state index in [4.69, 9.17) is 4.98 Å². The lowest BCUT2D eigenvalue weighted by atomic mass is 10.1. The molecule has 108 valence electrons. The zero-order valence-corrected chi connectivity index (χ0v) is 12.5. The summed E-state index contributed by atoms with van der Waals surface area (Å²) in [7, 11) is 4.06. The average molecular weight is 288 g/mol. The van der Waals surface area contributed by atoms with Crippen LogP contribution in [0.3, 0.4) is 0 Å². The summed E-state index contributed by atoms with van der Waals surface area (Å²) in [5, 5.41) is 9.81. The summed E-state index contributed by atoms with van der Waals surface area (Å²) in [6, 6.07) is 18.5. The van der Waals surface area contributed by atoms with Crippen molar-refractivity contribution >= 4 is 27.5 Å². The van der Waals surface area contributed by atoms with Gasteiger partial charge in [-0.25, -0.2) is 4.98 Å². The highest BCUT2D eigenvalue weighted by molar-refractivity contribution is 5.95. The van der Waals surface area contributed by atoms with Gasteiger partial charge in [0.15, 0.2) is 0 Å². The number of rotatable bonds is 2. The Hall–Kier alpha value is -2.88. The number of hydrogen-bond donors (Lipinski definition) is 1. The van der Waals surface area contributed by atoms with Crippen LogP contribution in [0.5, 0.6) is 0 Å². The number of fused-ring (bicyclic) bond motifs is 2. The molecule has 4 aromatic rings. The monoisotopic (exact) mass is 288 g/mol. The molecule has 0 bridgehead atoms. The molecule has 0 aliphatic heterocycles. The van der Waals surface area contributed by atoms with Crippen molar-refractivity contribution in [3.8, 4) is 11.4 Å². The fraction of sp³-hybridized carbons (Fsp3) is 0.111. The molecule has 0 saturated heterocycles. The summed E-state index contributed by atoms with van der Waals surface area (Å²) in [6.07, 6.45) is 0. The van der Waals surface area contributed by atoms with Crippen LogP contribution in [-0.2, 0) is 0 Å². The molecule has 4 nitrogen and oxygen atoms in total. The molecule has 0 aliphatic rings. The normalized spacial score (nSPS) is 11.2. The van der Waals surface area contributed by atoms with Gasteiger partial charge in [0.05, 0.1) is 16.7 Å². The molecule has 0 aliphatic carbocycles. The Labute approximate surface area is 128 Å². The van der Waals surface area contributed by atoms with Gasteiger partial charge in [0, 0.05) is 30.6 Å². The van der Waals surface area contributed by atoms with E-state index in [0.29, 0.717) is 0 Å². The second kappa shape index (κ2) is 4.84. The topological polar surface area (TPSA) is 44.8 Å². The van der Waals surface area contributed by atoms with Crippen molar-refractivity contribution in [3.63, 3.8) is 0 Å². The molecule has 4 heteroatoms. The number of anilines is 1. The Bertz CT molecular complexity index is 969. The SMILES string of the molecule is CN(C)c1ccc2c(-c3ccc4ccccc4n3)n[nH]c2c1. The van der Waals surface area contributed by atoms with E-state index >= 15 is 0 Å². The van der Waals surface area contributed by atoms with Gasteiger partial charge in [0.1, 0.15) is 5.69 Å². The maximum Gasteiger partial charge on any atom is 0.118 e. The molecule has 4 rings (SSSR count). The average Bonchev–Trinajstić information content (AvgIpc) is 2.97. The predicted octanol–water partition coefficient (Wildman–Crippen LogP) is 3.84. The lowest BCUT2D eigenvalue weighted by molar-refractivity contribution is 1.11. The molecular weight excluding hydrogens is 272 g/mol. The number of benzene rings is 2. The Morgan fingerprint density at radius 3 is 2.68 bits per heavy atom. The van der Waals surface area contributed by atoms with Crippen LogP contribution in [0.1, 0.15) is 0 Å². The van der Waals surface area contributed by atoms with E-state index in [0.717, 1.165) is 38.9 Å². The van der Waals surface area contributed by atoms with Gasteiger partial charge in [0.2, 0.25) is 0 Å². The van der Waals surface area contributed by atoms with Crippen LogP contribution < -0.4 is 4.90 Å². The van der Waals surface area contributed by atoms with E-state index in [1.54, 1.807) is 0 Å². The predicted molar refractivity (Wildman–Crippen MR) is 91.2 cm³/mol. The molecule has 0 spiro atoms. The number of para-hydroxylation sites is 1. The molecule has 0 fully saturated rings. The van der Waals surface area contributed by atoms with Crippen LogP contribution >= 0.6 is 0 Å². The summed E-state index contributed by atoms with van der Waals surface area (Å²) < 4.78 is 0. The number of nitrogens with one attached hydrogen (secondary N) is 1. The lowest BCUT2D eigenvalue weighted by Gasteiger charge is -2.11. The summed E-state index contributed by atoms with van der Waals surface area (Å²) in [6.45, 7) is 0. The molecule has 0 unspecified atom stereocenters. The zero-order valence-electron chi connectivity index (χ0n) is 12.5. The largest absolute Gasteiger partial charge is 0.378 e. The quantitative estimate of drug-likeness (QED) is 0.609. The van der Waals surface area contributed by atoms with E-state index in [2.05, 4.69) is 45.4 Å². The maximum absolute atomic E-state index is 4.73. The smallest absolute Gasteiger partial charge is 0.118 e. The Morgan fingerprint density at radius 1 is 0.955 bits per heavy atom. The Morgan fingerprint density at radius 2 is 1.82 bits per heavy atom. The van der Waals surface area contributed by atoms with Gasteiger partial charge in [-0.05, 0) is 30.3 Å². The number of H-pyrrole nitrogens is 1. The van der Waals surface area contributed by atoms with Gasteiger partial charge in [0.25, 0.3) is 0 Å². The number of hydrogen-bond acceptors (Lipinski definition) is 3. The minimum atomic E-state index is 0.891. The van der Waals surface area contributed by atoms with Crippen molar-refractivity contribution in [2.24, 2.45) is 0 Å². The maximum atomic E-state index is 4.73. The minimum absolute atomic E-state index is 0.891. The molecule has 1 N–H and O–H groups in total. The highest BCUT2D eigenvalue weighted by atomic mass is 15.1. The van der Waals surface area contributed by atoms with Gasteiger partial charge < -0.3 is 4.90 Å². The lowest BCUT2D eigenvalue weighted by Crippen LogP contribution is -2.07. The van der Waals surface area contributed by atoms with Crippen molar-refractivity contribution in [3.05, 3.63) is 54.6 Å². The van der Waals surface area contributed by atoms with E-state index in [-0.39, 0.29) is 0 Å². The highest BCUT2D eigenvalue weighted by Crippen LogP contribution is 2.28. The van der Waals surface area contributed by atoms with Crippen molar-refractivity contribution in [2.45, 2.75) is 0 Å². The summed E-state index contributed by atoms with van der Waals surface area (Å²) in [5.74, 6) is 0. The fourth-order valence-electron chi connectivity index (χ4n) is 2.68. The highest BCUT2D eigenvalue weighted by Gasteiger charge is 2.11. The molecule has 0 saturated carbocycles. The van der Waals surface area contributed by atoms with Crippen LogP contribution in [0, 0.1) is 0 Å². The third kappa shape index (κ3) is 2.00. The van der Waals surface area contributed by atoms with Gasteiger partial charge in [-0.15, -0.1) is 0 Å². The first-order chi connectivity index (χ1) is 10.7. The first kappa shape index (κ1) is 12.8. The Kier molecular flexibility index (Phi) is 2.82. The number of pyridine rings is 1. The minimum Gasteiger partial charge on any atom is -0.378 e. The van der Waals surface area contributed by atoms with Crippen LogP contribution in [0.2, 0.25) is 0 Å². The number of aromatic nitrogens is 3. The molecule has 2 aromatic heterocycles. The molecule has 0 amide bonds. The van der Waals surface area contributed by atoms with Crippen molar-refractivity contribution in [1.82, 2.24) is 15.2 Å². The first-order valence-corrected chi connectivity index (χ1v) is 7.24. The number of aromatic amines is 1. The van der Waals surface area contributed by atoms with Crippen molar-refractivity contribution < 1.29 is 0 Å². The molecule has 0 radical (unpaired) electrons. The van der Waals surface area contributed by atoms with Gasteiger partial charge in [-0.2, -0.15) is 5.10 Å². The van der Waals surface area contributed by atoms with Gasteiger partial charge in [-0.1, -0.05) is 24.3 Å². The van der Waals surface area contributed by atoms with Crippen LogP contribution in [0.4, 0.5) is 5.69 Å². The summed E-state index contributed by atoms with van der Waals surface area (Å²) >= 11 is 0. The van der Waals surface area contributed by atoms with Crippen molar-refractivity contribution in [2.75, 3.05) is 19.0 Å². The van der Waals surface area contributed by atoms with Crippen molar-refractivity contribution in [1.29, 1.82) is 0 Å². The molecule has 22 heavy (non-hydrogen) atoms. The van der Waals surface area contributed by atoms with E-state index in [1.807, 2.05) is 38.4 Å². The van der Waals surface area contributed by atoms with Crippen LogP contribution in [0.15, 0.2) is 54.6 Å². The molecule has 2 heterocycles. The fourth-order valence-corrected chi connectivity index (χ4v) is 2.68. The van der Waals surface area contributed by atoms with E-state index < -0.39 is 0 Å². The standard InChI is InChI=1S/C18H16N4/c1-22(2)13-8-9-14-17(11-13)20-21-18(14)16-10-7-12-5-3-4-6-15(12)19-16/h3-11H,1-2H3,(H,20,21). The Balaban J connectivity index is 1.88. The second-order valence-electron chi connectivity index (χ2n) is 5.59. The molecular formula is C18H16N4. The summed E-state index contributed by atoms with van der Waals surface area (Å²) in [4.78, 5) is 6.81. The molecule has 2 aromatic carbocycles. The first-order valence-electron chi connectivity index (χ1n) is 7.24. The second-order valence-corrected chi connectivity index (χ2v) is 5.59. The molecule has 0 atom stereocenters. The van der Waals surface area contributed by atoms with Crippen LogP contribution in [0.25, 0.3) is 33.2 Å². The van der Waals surface area contributed by atoms with Crippen LogP contribution in [-0.4, -0.2) is 29.3 Å². The number of nitrogens with zero attached hydrogens (tertiary/aromatic N) is 3. The van der Waals surface area contributed by atoms with E-state index in [9.17, 15) is 0 Å². The van der Waals surface area contributed by atoms with E-state index in [1.165, 1.54) is 0 Å². The summed E-state index contributed by atoms with van der Waals surface area (Å²) in [5.41, 5.74) is 4.94. The van der Waals surface area contributed by atoms with Gasteiger partial charge >= 0.3 is 0 Å². The zero-order chi connectivity index (χ0) is 15.1. The van der Waals surface area contributed by atoms with Gasteiger partial charge in [-0.3, -0.25) is 5.10 Å².